The van der Waals surface area contributed by atoms with Gasteiger partial charge in [-0.1, -0.05) is 12.8 Å². The summed E-state index contributed by atoms with van der Waals surface area (Å²) in [5.74, 6) is -1.09. The second-order valence-electron chi connectivity index (χ2n) is 4.32. The minimum atomic E-state index is -1.09. The van der Waals surface area contributed by atoms with E-state index in [1.54, 1.807) is 0 Å². The molecule has 96 valence electrons. The number of anilines is 1. The maximum atomic E-state index is 11.6. The highest BCUT2D eigenvalue weighted by atomic mass is 16.4. The maximum absolute atomic E-state index is 11.6. The normalized spacial score (nSPS) is 15.3. The Morgan fingerprint density at radius 1 is 1.28 bits per heavy atom. The number of nitrogens with one attached hydrogen (secondary N) is 2. The fourth-order valence-electron chi connectivity index (χ4n) is 2.02. The van der Waals surface area contributed by atoms with E-state index in [0.717, 1.165) is 25.7 Å². The molecule has 0 unspecified atom stereocenters. The third-order valence-electron chi connectivity index (χ3n) is 2.93. The van der Waals surface area contributed by atoms with Crippen molar-refractivity contribution < 1.29 is 14.7 Å². The van der Waals surface area contributed by atoms with Crippen molar-refractivity contribution in [3.63, 3.8) is 0 Å². The van der Waals surface area contributed by atoms with E-state index >= 15 is 0 Å². The summed E-state index contributed by atoms with van der Waals surface area (Å²) < 4.78 is 0. The zero-order valence-corrected chi connectivity index (χ0v) is 9.85. The Kier molecular flexibility index (Phi) is 3.76. The molecule has 1 aromatic heterocycles. The molecule has 0 saturated heterocycles. The number of aromatic nitrogens is 1. The Morgan fingerprint density at radius 3 is 2.56 bits per heavy atom. The van der Waals surface area contributed by atoms with E-state index < -0.39 is 5.97 Å². The maximum Gasteiger partial charge on any atom is 0.354 e. The quantitative estimate of drug-likeness (QED) is 0.762. The second kappa shape index (κ2) is 5.48. The lowest BCUT2D eigenvalue weighted by Gasteiger charge is -2.12. The minimum absolute atomic E-state index is 0.0447. The van der Waals surface area contributed by atoms with Gasteiger partial charge in [-0.3, -0.25) is 0 Å². The van der Waals surface area contributed by atoms with E-state index in [2.05, 4.69) is 15.6 Å². The van der Waals surface area contributed by atoms with Crippen LogP contribution in [0.1, 0.15) is 36.2 Å². The Hall–Kier alpha value is -2.11. The molecule has 1 heterocycles. The molecule has 18 heavy (non-hydrogen) atoms. The molecule has 2 rings (SSSR count). The van der Waals surface area contributed by atoms with Gasteiger partial charge < -0.3 is 15.7 Å². The van der Waals surface area contributed by atoms with E-state index in [-0.39, 0.29) is 17.8 Å². The number of rotatable bonds is 3. The third-order valence-corrected chi connectivity index (χ3v) is 2.93. The zero-order valence-electron chi connectivity index (χ0n) is 9.85. The van der Waals surface area contributed by atoms with Gasteiger partial charge in [-0.2, -0.15) is 0 Å². The summed E-state index contributed by atoms with van der Waals surface area (Å²) in [6.07, 6.45) is 5.67. The Labute approximate surface area is 104 Å². The monoisotopic (exact) mass is 249 g/mol. The van der Waals surface area contributed by atoms with Gasteiger partial charge in [-0.05, 0) is 25.0 Å². The molecule has 1 fully saturated rings. The van der Waals surface area contributed by atoms with Crippen LogP contribution in [0.15, 0.2) is 18.3 Å². The number of carboxylic acid groups (broad SMARTS) is 1. The molecule has 3 N–H and O–H groups in total. The number of pyridine rings is 1. The van der Waals surface area contributed by atoms with Crippen molar-refractivity contribution in [2.75, 3.05) is 5.32 Å². The van der Waals surface area contributed by atoms with E-state index in [0.29, 0.717) is 5.69 Å². The van der Waals surface area contributed by atoms with Gasteiger partial charge >= 0.3 is 12.0 Å². The average Bonchev–Trinajstić information content (AvgIpc) is 2.82. The fourth-order valence-corrected chi connectivity index (χ4v) is 2.02. The number of amides is 2. The van der Waals surface area contributed by atoms with Gasteiger partial charge in [0.15, 0.2) is 0 Å². The first kappa shape index (κ1) is 12.3. The predicted molar refractivity (Wildman–Crippen MR) is 65.6 cm³/mol. The van der Waals surface area contributed by atoms with Crippen LogP contribution < -0.4 is 10.6 Å². The smallest absolute Gasteiger partial charge is 0.354 e. The van der Waals surface area contributed by atoms with Crippen LogP contribution in [0.2, 0.25) is 0 Å². The molecule has 0 radical (unpaired) electrons. The van der Waals surface area contributed by atoms with Crippen molar-refractivity contribution in [1.29, 1.82) is 0 Å². The van der Waals surface area contributed by atoms with Gasteiger partial charge in [-0.15, -0.1) is 0 Å². The summed E-state index contributed by atoms with van der Waals surface area (Å²) in [5.41, 5.74) is 0.437. The Balaban J connectivity index is 1.88. The van der Waals surface area contributed by atoms with Crippen molar-refractivity contribution in [2.45, 2.75) is 31.7 Å². The number of nitrogens with zero attached hydrogens (tertiary/aromatic N) is 1. The number of hydrogen-bond acceptors (Lipinski definition) is 3. The molecule has 0 bridgehead atoms. The lowest BCUT2D eigenvalue weighted by molar-refractivity contribution is 0.0690. The molecule has 2 amide bonds. The van der Waals surface area contributed by atoms with Crippen molar-refractivity contribution in [2.24, 2.45) is 0 Å². The molecule has 0 aliphatic heterocycles. The lowest BCUT2D eigenvalue weighted by Crippen LogP contribution is -2.36. The first-order valence-electron chi connectivity index (χ1n) is 5.92. The standard InChI is InChI=1S/C12H15N3O3/c16-11(17)10-6-5-9(7-13-10)15-12(18)14-8-3-1-2-4-8/h5-8H,1-4H2,(H,16,17)(H2,14,15,18). The second-order valence-corrected chi connectivity index (χ2v) is 4.32. The number of urea groups is 1. The van der Waals surface area contributed by atoms with Crippen LogP contribution in [-0.2, 0) is 0 Å². The molecular formula is C12H15N3O3. The zero-order chi connectivity index (χ0) is 13.0. The molecule has 6 nitrogen and oxygen atoms in total. The van der Waals surface area contributed by atoms with E-state index in [1.807, 2.05) is 0 Å². The third kappa shape index (κ3) is 3.19. The molecule has 0 atom stereocenters. The molecule has 1 saturated carbocycles. The number of carbonyl (C=O) groups is 2. The van der Waals surface area contributed by atoms with Gasteiger partial charge in [0.25, 0.3) is 0 Å². The molecule has 1 aromatic rings. The van der Waals surface area contributed by atoms with Gasteiger partial charge in [0.2, 0.25) is 0 Å². The highest BCUT2D eigenvalue weighted by Gasteiger charge is 2.17. The van der Waals surface area contributed by atoms with Crippen LogP contribution in [0.3, 0.4) is 0 Å². The first-order chi connectivity index (χ1) is 8.65. The number of aromatic carboxylic acids is 1. The van der Waals surface area contributed by atoms with Crippen LogP contribution in [0.4, 0.5) is 10.5 Å². The largest absolute Gasteiger partial charge is 0.477 e. The Morgan fingerprint density at radius 2 is 2.00 bits per heavy atom. The van der Waals surface area contributed by atoms with E-state index in [9.17, 15) is 9.59 Å². The van der Waals surface area contributed by atoms with E-state index in [4.69, 9.17) is 5.11 Å². The van der Waals surface area contributed by atoms with Gasteiger partial charge in [0.05, 0.1) is 11.9 Å². The Bertz CT molecular complexity index is 438. The molecule has 1 aliphatic rings. The number of hydrogen-bond donors (Lipinski definition) is 3. The average molecular weight is 249 g/mol. The summed E-state index contributed by atoms with van der Waals surface area (Å²) in [7, 11) is 0. The molecule has 6 heteroatoms. The van der Waals surface area contributed by atoms with Crippen LogP contribution >= 0.6 is 0 Å². The minimum Gasteiger partial charge on any atom is -0.477 e. The summed E-state index contributed by atoms with van der Waals surface area (Å²) in [4.78, 5) is 25.9. The van der Waals surface area contributed by atoms with Gasteiger partial charge in [0, 0.05) is 6.04 Å². The fraction of sp³-hybridized carbons (Fsp3) is 0.417. The topological polar surface area (TPSA) is 91.3 Å². The highest BCUT2D eigenvalue weighted by molar-refractivity contribution is 5.90. The van der Waals surface area contributed by atoms with Crippen LogP contribution in [0.25, 0.3) is 0 Å². The highest BCUT2D eigenvalue weighted by Crippen LogP contribution is 2.17. The molecule has 1 aliphatic carbocycles. The van der Waals surface area contributed by atoms with Gasteiger partial charge in [-0.25, -0.2) is 14.6 Å². The van der Waals surface area contributed by atoms with Crippen molar-refractivity contribution in [1.82, 2.24) is 10.3 Å². The van der Waals surface area contributed by atoms with Crippen LogP contribution in [0.5, 0.6) is 0 Å². The predicted octanol–water partition coefficient (Wildman–Crippen LogP) is 1.84. The summed E-state index contributed by atoms with van der Waals surface area (Å²) in [6, 6.07) is 2.85. The first-order valence-corrected chi connectivity index (χ1v) is 5.92. The molecule has 0 aromatic carbocycles. The number of carbonyl (C=O) groups excluding carboxylic acids is 1. The van der Waals surface area contributed by atoms with Crippen molar-refractivity contribution >= 4 is 17.7 Å². The SMILES string of the molecule is O=C(Nc1ccc(C(=O)O)nc1)NC1CCCC1. The van der Waals surface area contributed by atoms with Crippen molar-refractivity contribution in [3.05, 3.63) is 24.0 Å². The van der Waals surface area contributed by atoms with Gasteiger partial charge in [0.1, 0.15) is 5.69 Å². The lowest BCUT2D eigenvalue weighted by atomic mass is 10.2. The molecule has 0 spiro atoms. The number of carboxylic acids is 1. The summed E-state index contributed by atoms with van der Waals surface area (Å²) in [5, 5.41) is 14.2. The molecular weight excluding hydrogens is 234 g/mol. The summed E-state index contributed by atoms with van der Waals surface area (Å²) in [6.45, 7) is 0. The summed E-state index contributed by atoms with van der Waals surface area (Å²) >= 11 is 0. The van der Waals surface area contributed by atoms with Crippen LogP contribution in [-0.4, -0.2) is 28.1 Å². The van der Waals surface area contributed by atoms with Crippen LogP contribution in [0, 0.1) is 0 Å². The van der Waals surface area contributed by atoms with E-state index in [1.165, 1.54) is 18.3 Å². The van der Waals surface area contributed by atoms with Crippen molar-refractivity contribution in [3.8, 4) is 0 Å².